The smallest absolute Gasteiger partial charge is 0.0701 e. The van der Waals surface area contributed by atoms with Crippen LogP contribution in [0.15, 0.2) is 0 Å². The van der Waals surface area contributed by atoms with E-state index in [1.54, 1.807) is 0 Å². The van der Waals surface area contributed by atoms with E-state index in [4.69, 9.17) is 15.2 Å². The summed E-state index contributed by atoms with van der Waals surface area (Å²) in [5.74, 6) is 0. The molecule has 0 saturated carbocycles. The van der Waals surface area contributed by atoms with Crippen molar-refractivity contribution >= 4 is 28.3 Å². The molecule has 2 N–H and O–H groups in total. The molecule has 0 heterocycles. The Labute approximate surface area is 82.2 Å². The fourth-order valence-corrected chi connectivity index (χ4v) is 0.689. The first-order chi connectivity index (χ1) is 4.91. The second-order valence-corrected chi connectivity index (χ2v) is 2.50. The Hall–Kier alpha value is 0.650. The van der Waals surface area contributed by atoms with Crippen LogP contribution in [0.5, 0.6) is 0 Å². The van der Waals surface area contributed by atoms with E-state index in [1.807, 2.05) is 0 Å². The van der Waals surface area contributed by atoms with Crippen LogP contribution in [-0.4, -0.2) is 38.3 Å². The molecular formula is C6H15BrClNO2. The third kappa shape index (κ3) is 13.6. The fraction of sp³-hybridized carbons (Fsp3) is 1.00. The van der Waals surface area contributed by atoms with Crippen molar-refractivity contribution in [2.24, 2.45) is 5.73 Å². The highest BCUT2D eigenvalue weighted by Gasteiger charge is 1.86. The quantitative estimate of drug-likeness (QED) is 0.535. The van der Waals surface area contributed by atoms with Crippen LogP contribution in [0.4, 0.5) is 0 Å². The predicted octanol–water partition coefficient (Wildman–Crippen LogP) is 0.795. The normalized spacial score (nSPS) is 9.27. The van der Waals surface area contributed by atoms with Gasteiger partial charge in [0, 0.05) is 11.9 Å². The zero-order valence-corrected chi connectivity index (χ0v) is 8.83. The Morgan fingerprint density at radius 3 is 2.00 bits per heavy atom. The van der Waals surface area contributed by atoms with Gasteiger partial charge in [-0.3, -0.25) is 0 Å². The molecule has 0 aromatic heterocycles. The molecule has 0 aliphatic heterocycles. The summed E-state index contributed by atoms with van der Waals surface area (Å²) >= 11 is 3.25. The summed E-state index contributed by atoms with van der Waals surface area (Å²) in [7, 11) is 0. The van der Waals surface area contributed by atoms with Gasteiger partial charge < -0.3 is 15.2 Å². The lowest BCUT2D eigenvalue weighted by Crippen LogP contribution is -2.12. The molecule has 5 heteroatoms. The van der Waals surface area contributed by atoms with Crippen molar-refractivity contribution in [3.8, 4) is 0 Å². The maximum absolute atomic E-state index is 5.20. The summed E-state index contributed by atoms with van der Waals surface area (Å²) in [4.78, 5) is 0. The van der Waals surface area contributed by atoms with Gasteiger partial charge in [0.2, 0.25) is 0 Å². The van der Waals surface area contributed by atoms with Crippen molar-refractivity contribution in [2.45, 2.75) is 0 Å². The van der Waals surface area contributed by atoms with Gasteiger partial charge in [0.1, 0.15) is 0 Å². The van der Waals surface area contributed by atoms with Crippen LogP contribution in [0.1, 0.15) is 0 Å². The van der Waals surface area contributed by atoms with Crippen LogP contribution in [0.25, 0.3) is 0 Å². The minimum atomic E-state index is 0. The van der Waals surface area contributed by atoms with E-state index in [9.17, 15) is 0 Å². The minimum Gasteiger partial charge on any atom is -0.378 e. The zero-order chi connectivity index (χ0) is 7.66. The van der Waals surface area contributed by atoms with Crippen molar-refractivity contribution < 1.29 is 9.47 Å². The molecule has 0 aromatic rings. The highest BCUT2D eigenvalue weighted by atomic mass is 79.9. The van der Waals surface area contributed by atoms with E-state index in [2.05, 4.69) is 15.9 Å². The van der Waals surface area contributed by atoms with Crippen molar-refractivity contribution in [1.82, 2.24) is 0 Å². The fourth-order valence-electron chi connectivity index (χ4n) is 0.460. The molecule has 0 aromatic carbocycles. The predicted molar refractivity (Wildman–Crippen MR) is 51.7 cm³/mol. The van der Waals surface area contributed by atoms with Crippen LogP contribution in [0.2, 0.25) is 0 Å². The second-order valence-electron chi connectivity index (χ2n) is 1.70. The van der Waals surface area contributed by atoms with Gasteiger partial charge in [0.05, 0.1) is 26.4 Å². The van der Waals surface area contributed by atoms with Gasteiger partial charge in [-0.05, 0) is 0 Å². The topological polar surface area (TPSA) is 44.5 Å². The highest BCUT2D eigenvalue weighted by molar-refractivity contribution is 9.09. The SMILES string of the molecule is Cl.NCCOCCOCCBr. The number of hydrogen-bond acceptors (Lipinski definition) is 3. The molecule has 0 radical (unpaired) electrons. The number of ether oxygens (including phenoxy) is 2. The van der Waals surface area contributed by atoms with Crippen LogP contribution in [-0.2, 0) is 9.47 Å². The molecule has 0 aliphatic carbocycles. The monoisotopic (exact) mass is 247 g/mol. The van der Waals surface area contributed by atoms with Crippen molar-refractivity contribution in [3.05, 3.63) is 0 Å². The molecular weight excluding hydrogens is 233 g/mol. The molecule has 0 aliphatic rings. The van der Waals surface area contributed by atoms with Crippen LogP contribution < -0.4 is 5.73 Å². The molecule has 70 valence electrons. The van der Waals surface area contributed by atoms with E-state index in [0.29, 0.717) is 26.4 Å². The van der Waals surface area contributed by atoms with Gasteiger partial charge in [0.25, 0.3) is 0 Å². The lowest BCUT2D eigenvalue weighted by Gasteiger charge is -2.01. The first-order valence-electron chi connectivity index (χ1n) is 3.33. The molecule has 0 spiro atoms. The molecule has 0 amide bonds. The van der Waals surface area contributed by atoms with Gasteiger partial charge in [-0.2, -0.15) is 0 Å². The van der Waals surface area contributed by atoms with E-state index >= 15 is 0 Å². The molecule has 0 bridgehead atoms. The Bertz CT molecular complexity index is 60.5. The maximum Gasteiger partial charge on any atom is 0.0701 e. The van der Waals surface area contributed by atoms with Crippen LogP contribution in [0, 0.1) is 0 Å². The highest BCUT2D eigenvalue weighted by Crippen LogP contribution is 1.82. The van der Waals surface area contributed by atoms with E-state index in [0.717, 1.165) is 11.9 Å². The molecule has 0 atom stereocenters. The average molecular weight is 249 g/mol. The number of nitrogens with two attached hydrogens (primary N) is 1. The molecule has 3 nitrogen and oxygen atoms in total. The zero-order valence-electron chi connectivity index (χ0n) is 6.42. The minimum absolute atomic E-state index is 0. The third-order valence-corrected chi connectivity index (χ3v) is 1.18. The Kier molecular flexibility index (Phi) is 17.1. The van der Waals surface area contributed by atoms with Crippen molar-refractivity contribution in [1.29, 1.82) is 0 Å². The Balaban J connectivity index is 0. The largest absolute Gasteiger partial charge is 0.378 e. The molecule has 0 fully saturated rings. The summed E-state index contributed by atoms with van der Waals surface area (Å²) in [6.45, 7) is 3.25. The number of halogens is 2. The van der Waals surface area contributed by atoms with Crippen molar-refractivity contribution in [3.63, 3.8) is 0 Å². The van der Waals surface area contributed by atoms with E-state index in [-0.39, 0.29) is 12.4 Å². The van der Waals surface area contributed by atoms with Crippen LogP contribution in [0.3, 0.4) is 0 Å². The summed E-state index contributed by atoms with van der Waals surface area (Å²) in [6, 6.07) is 0. The summed E-state index contributed by atoms with van der Waals surface area (Å²) in [5, 5.41) is 0.879. The first kappa shape index (κ1) is 14.2. The Morgan fingerprint density at radius 2 is 1.55 bits per heavy atom. The average Bonchev–Trinajstić information content (AvgIpc) is 1.97. The van der Waals surface area contributed by atoms with Gasteiger partial charge in [-0.1, -0.05) is 15.9 Å². The summed E-state index contributed by atoms with van der Waals surface area (Å²) < 4.78 is 10.2. The third-order valence-electron chi connectivity index (χ3n) is 0.856. The molecule has 0 saturated heterocycles. The summed E-state index contributed by atoms with van der Waals surface area (Å²) in [5.41, 5.74) is 5.20. The van der Waals surface area contributed by atoms with Crippen LogP contribution >= 0.6 is 28.3 Å². The van der Waals surface area contributed by atoms with Gasteiger partial charge in [-0.25, -0.2) is 0 Å². The number of rotatable bonds is 7. The van der Waals surface area contributed by atoms with Gasteiger partial charge in [0.15, 0.2) is 0 Å². The van der Waals surface area contributed by atoms with Gasteiger partial charge >= 0.3 is 0 Å². The van der Waals surface area contributed by atoms with Crippen molar-refractivity contribution in [2.75, 3.05) is 38.3 Å². The lowest BCUT2D eigenvalue weighted by molar-refractivity contribution is 0.0573. The summed E-state index contributed by atoms with van der Waals surface area (Å²) in [6.07, 6.45) is 0. The molecule has 0 rings (SSSR count). The van der Waals surface area contributed by atoms with E-state index < -0.39 is 0 Å². The number of alkyl halides is 1. The Morgan fingerprint density at radius 1 is 1.00 bits per heavy atom. The molecule has 0 unspecified atom stereocenters. The first-order valence-corrected chi connectivity index (χ1v) is 4.45. The van der Waals surface area contributed by atoms with E-state index in [1.165, 1.54) is 0 Å². The number of hydrogen-bond donors (Lipinski definition) is 1. The van der Waals surface area contributed by atoms with Gasteiger partial charge in [-0.15, -0.1) is 12.4 Å². The second kappa shape index (κ2) is 13.3. The maximum atomic E-state index is 5.20. The standard InChI is InChI=1S/C6H14BrNO2.ClH/c7-1-3-9-5-6-10-4-2-8;/h1-6,8H2;1H. The molecule has 11 heavy (non-hydrogen) atoms. The lowest BCUT2D eigenvalue weighted by atomic mass is 10.7.